The highest BCUT2D eigenvalue weighted by molar-refractivity contribution is 5.94. The Balaban J connectivity index is 1.70. The Morgan fingerprint density at radius 2 is 2.07 bits per heavy atom. The van der Waals surface area contributed by atoms with Gasteiger partial charge in [-0.25, -0.2) is 0 Å². The first-order valence-electron chi connectivity index (χ1n) is 5.76. The number of hydrogen-bond donors (Lipinski definition) is 0. The molecule has 0 N–H and O–H groups in total. The summed E-state index contributed by atoms with van der Waals surface area (Å²) in [6.45, 7) is 6.82. The minimum atomic E-state index is 0.667. The molecule has 2 aliphatic heterocycles. The van der Waals surface area contributed by atoms with E-state index in [1.54, 1.807) is 5.57 Å². The van der Waals surface area contributed by atoms with E-state index in [0.717, 1.165) is 12.5 Å². The van der Waals surface area contributed by atoms with Crippen LogP contribution in [0.4, 0.5) is 0 Å². The maximum Gasteiger partial charge on any atom is 0.0552 e. The lowest BCUT2D eigenvalue weighted by atomic mass is 10.1. The smallest absolute Gasteiger partial charge is 0.0552 e. The van der Waals surface area contributed by atoms with Crippen molar-refractivity contribution < 1.29 is 0 Å². The summed E-state index contributed by atoms with van der Waals surface area (Å²) in [5, 5.41) is 0. The Labute approximate surface area is 85.7 Å². The van der Waals surface area contributed by atoms with Crippen LogP contribution in [0, 0.1) is 5.92 Å². The molecule has 0 aromatic heterocycles. The fraction of sp³-hybridized carbons (Fsp3) is 0.750. The molecule has 2 nitrogen and oxygen atoms in total. The minimum absolute atomic E-state index is 0.667. The van der Waals surface area contributed by atoms with Crippen LogP contribution in [0.15, 0.2) is 16.3 Å². The second-order valence-corrected chi connectivity index (χ2v) is 5.10. The van der Waals surface area contributed by atoms with Gasteiger partial charge in [-0.1, -0.05) is 0 Å². The lowest BCUT2D eigenvalue weighted by molar-refractivity contribution is 0.279. The average Bonchev–Trinajstić information content (AvgIpc) is 2.76. The van der Waals surface area contributed by atoms with Crippen LogP contribution in [-0.2, 0) is 0 Å². The van der Waals surface area contributed by atoms with Gasteiger partial charge in [-0.2, -0.15) is 0 Å². The third-order valence-corrected chi connectivity index (χ3v) is 3.61. The van der Waals surface area contributed by atoms with Gasteiger partial charge in [0.1, 0.15) is 0 Å². The predicted octanol–water partition coefficient (Wildman–Crippen LogP) is 2.22. The molecular formula is C12H18N2. The Hall–Kier alpha value is -0.630. The van der Waals surface area contributed by atoms with Gasteiger partial charge in [-0.3, -0.25) is 9.89 Å². The summed E-state index contributed by atoms with van der Waals surface area (Å²) in [5.74, 6) is 0.869. The zero-order valence-electron chi connectivity index (χ0n) is 9.08. The molecule has 3 rings (SSSR count). The lowest BCUT2D eigenvalue weighted by Crippen LogP contribution is -2.29. The maximum atomic E-state index is 4.80. The third-order valence-electron chi connectivity index (χ3n) is 3.61. The quantitative estimate of drug-likeness (QED) is 0.652. The van der Waals surface area contributed by atoms with Crippen LogP contribution in [-0.4, -0.2) is 29.7 Å². The molecule has 1 fully saturated rings. The van der Waals surface area contributed by atoms with Gasteiger partial charge in [0.15, 0.2) is 0 Å². The van der Waals surface area contributed by atoms with Crippen LogP contribution in [0.3, 0.4) is 0 Å². The van der Waals surface area contributed by atoms with Crippen molar-refractivity contribution in [3.05, 3.63) is 11.3 Å². The summed E-state index contributed by atoms with van der Waals surface area (Å²) in [6.07, 6.45) is 3.99. The van der Waals surface area contributed by atoms with Crippen LogP contribution in [0.2, 0.25) is 0 Å². The summed E-state index contributed by atoms with van der Waals surface area (Å²) < 4.78 is 0. The largest absolute Gasteiger partial charge is 0.291 e. The molecule has 0 atom stereocenters. The van der Waals surface area contributed by atoms with Crippen molar-refractivity contribution in [2.45, 2.75) is 39.2 Å². The van der Waals surface area contributed by atoms with Crippen LogP contribution in [0.1, 0.15) is 33.1 Å². The van der Waals surface area contributed by atoms with E-state index >= 15 is 0 Å². The third kappa shape index (κ3) is 1.33. The monoisotopic (exact) mass is 190 g/mol. The molecule has 2 heterocycles. The molecule has 0 bridgehead atoms. The zero-order valence-corrected chi connectivity index (χ0v) is 9.08. The van der Waals surface area contributed by atoms with Crippen LogP contribution in [0.5, 0.6) is 0 Å². The van der Waals surface area contributed by atoms with Gasteiger partial charge in [0.05, 0.1) is 5.70 Å². The van der Waals surface area contributed by atoms with E-state index in [0.29, 0.717) is 6.04 Å². The number of rotatable bonds is 2. The summed E-state index contributed by atoms with van der Waals surface area (Å²) in [7, 11) is 0. The van der Waals surface area contributed by atoms with E-state index in [2.05, 4.69) is 18.7 Å². The maximum absolute atomic E-state index is 4.80. The summed E-state index contributed by atoms with van der Waals surface area (Å²) in [5.41, 5.74) is 4.51. The van der Waals surface area contributed by atoms with Crippen LogP contribution < -0.4 is 0 Å². The summed E-state index contributed by atoms with van der Waals surface area (Å²) in [6, 6.07) is 0.667. The molecule has 0 radical (unpaired) electrons. The molecule has 3 aliphatic rings. The van der Waals surface area contributed by atoms with Crippen LogP contribution >= 0.6 is 0 Å². The highest BCUT2D eigenvalue weighted by Crippen LogP contribution is 2.39. The first-order chi connectivity index (χ1) is 6.74. The molecule has 1 saturated carbocycles. The van der Waals surface area contributed by atoms with E-state index in [1.165, 1.54) is 37.2 Å². The van der Waals surface area contributed by atoms with E-state index in [-0.39, 0.29) is 0 Å². The second kappa shape index (κ2) is 2.93. The topological polar surface area (TPSA) is 15.6 Å². The highest BCUT2D eigenvalue weighted by Gasteiger charge is 2.35. The van der Waals surface area contributed by atoms with Gasteiger partial charge < -0.3 is 0 Å². The Morgan fingerprint density at radius 3 is 2.64 bits per heavy atom. The number of aliphatic imine (C=N–C) groups is 1. The number of hydrogen-bond acceptors (Lipinski definition) is 2. The molecule has 0 aromatic carbocycles. The van der Waals surface area contributed by atoms with Crippen molar-refractivity contribution in [3.8, 4) is 0 Å². The Morgan fingerprint density at radius 1 is 1.29 bits per heavy atom. The summed E-state index contributed by atoms with van der Waals surface area (Å²) >= 11 is 0. The van der Waals surface area contributed by atoms with Crippen molar-refractivity contribution in [2.75, 3.05) is 13.1 Å². The standard InChI is InChI=1S/C12H18N2/c1-8(2)14-6-10-5-11(9-3-4-9)13-12(10)7-14/h8-9H,3-7H2,1-2H3. The van der Waals surface area contributed by atoms with Crippen molar-refractivity contribution in [1.82, 2.24) is 4.90 Å². The van der Waals surface area contributed by atoms with Crippen LogP contribution in [0.25, 0.3) is 0 Å². The second-order valence-electron chi connectivity index (χ2n) is 5.10. The molecule has 14 heavy (non-hydrogen) atoms. The van der Waals surface area contributed by atoms with E-state index < -0.39 is 0 Å². The van der Waals surface area contributed by atoms with Crippen molar-refractivity contribution in [2.24, 2.45) is 10.9 Å². The lowest BCUT2D eigenvalue weighted by Gasteiger charge is -2.21. The van der Waals surface area contributed by atoms with Crippen molar-refractivity contribution in [3.63, 3.8) is 0 Å². The molecule has 2 heteroatoms. The van der Waals surface area contributed by atoms with Crippen molar-refractivity contribution >= 4 is 5.71 Å². The Bertz CT molecular complexity index is 321. The molecular weight excluding hydrogens is 172 g/mol. The van der Waals surface area contributed by atoms with Gasteiger partial charge in [-0.15, -0.1) is 0 Å². The molecule has 0 spiro atoms. The van der Waals surface area contributed by atoms with Crippen molar-refractivity contribution in [1.29, 1.82) is 0 Å². The first-order valence-corrected chi connectivity index (χ1v) is 5.76. The van der Waals surface area contributed by atoms with Gasteiger partial charge in [0, 0.05) is 31.3 Å². The minimum Gasteiger partial charge on any atom is -0.291 e. The molecule has 1 aliphatic carbocycles. The molecule has 0 unspecified atom stereocenters. The van der Waals surface area contributed by atoms with Gasteiger partial charge in [0.2, 0.25) is 0 Å². The summed E-state index contributed by atoms with van der Waals surface area (Å²) in [4.78, 5) is 7.31. The average molecular weight is 190 g/mol. The van der Waals surface area contributed by atoms with Gasteiger partial charge >= 0.3 is 0 Å². The number of nitrogens with zero attached hydrogens (tertiary/aromatic N) is 2. The normalized spacial score (nSPS) is 27.5. The SMILES string of the molecule is CC(C)N1CC2=C(C1)N=C(C1CC1)C2. The molecule has 0 aromatic rings. The fourth-order valence-corrected chi connectivity index (χ4v) is 2.42. The highest BCUT2D eigenvalue weighted by atomic mass is 15.2. The van der Waals surface area contributed by atoms with E-state index in [4.69, 9.17) is 4.99 Å². The Kier molecular flexibility index (Phi) is 1.81. The van der Waals surface area contributed by atoms with Gasteiger partial charge in [-0.05, 0) is 38.2 Å². The van der Waals surface area contributed by atoms with E-state index in [9.17, 15) is 0 Å². The molecule has 0 saturated heterocycles. The zero-order chi connectivity index (χ0) is 9.71. The molecule has 0 amide bonds. The van der Waals surface area contributed by atoms with Gasteiger partial charge in [0.25, 0.3) is 0 Å². The fourth-order valence-electron chi connectivity index (χ4n) is 2.42. The van der Waals surface area contributed by atoms with E-state index in [1.807, 2.05) is 0 Å². The molecule has 76 valence electrons. The predicted molar refractivity (Wildman–Crippen MR) is 58.5 cm³/mol. The first kappa shape index (κ1) is 8.66.